The van der Waals surface area contributed by atoms with Gasteiger partial charge in [0.1, 0.15) is 5.82 Å². The molecule has 0 fully saturated rings. The van der Waals surface area contributed by atoms with E-state index in [0.717, 1.165) is 11.1 Å². The van der Waals surface area contributed by atoms with Crippen molar-refractivity contribution < 1.29 is 9.50 Å². The van der Waals surface area contributed by atoms with Crippen molar-refractivity contribution in [2.75, 3.05) is 12.9 Å². The molecule has 4 heteroatoms. The second kappa shape index (κ2) is 7.59. The van der Waals surface area contributed by atoms with Crippen LogP contribution < -0.4 is 5.32 Å². The number of aliphatic hydroxyl groups is 1. The number of aliphatic hydroxyl groups excluding tert-OH is 1. The minimum absolute atomic E-state index is 0.000267. The lowest BCUT2D eigenvalue weighted by molar-refractivity contribution is 0.235. The zero-order chi connectivity index (χ0) is 15.2. The molecule has 2 atom stereocenters. The zero-order valence-corrected chi connectivity index (χ0v) is 13.0. The molecule has 2 N–H and O–H groups in total. The second-order valence-electron chi connectivity index (χ2n) is 4.93. The molecular weight excluding hydrogens is 285 g/mol. The monoisotopic (exact) mass is 305 g/mol. The highest BCUT2D eigenvalue weighted by Gasteiger charge is 2.15. The van der Waals surface area contributed by atoms with Crippen LogP contribution in [0.1, 0.15) is 30.1 Å². The van der Waals surface area contributed by atoms with Crippen molar-refractivity contribution in [1.29, 1.82) is 0 Å². The van der Waals surface area contributed by atoms with E-state index in [4.69, 9.17) is 0 Å². The van der Waals surface area contributed by atoms with Crippen molar-refractivity contribution in [3.8, 4) is 0 Å². The maximum Gasteiger partial charge on any atom is 0.137 e. The van der Waals surface area contributed by atoms with Gasteiger partial charge in [-0.3, -0.25) is 0 Å². The van der Waals surface area contributed by atoms with Gasteiger partial charge in [-0.1, -0.05) is 36.4 Å². The van der Waals surface area contributed by atoms with Crippen LogP contribution in [0.4, 0.5) is 4.39 Å². The Morgan fingerprint density at radius 2 is 1.86 bits per heavy atom. The summed E-state index contributed by atoms with van der Waals surface area (Å²) in [6, 6.07) is 14.8. The molecule has 0 heterocycles. The van der Waals surface area contributed by atoms with Gasteiger partial charge in [0.05, 0.1) is 12.6 Å². The van der Waals surface area contributed by atoms with E-state index >= 15 is 0 Å². The van der Waals surface area contributed by atoms with E-state index in [2.05, 4.69) is 5.32 Å². The molecule has 2 rings (SSSR count). The molecular formula is C17H20FNOS. The minimum atomic E-state index is -0.200. The lowest BCUT2D eigenvalue weighted by Gasteiger charge is -2.22. The Bertz CT molecular complexity index is 576. The van der Waals surface area contributed by atoms with Gasteiger partial charge in [-0.05, 0) is 36.4 Å². The summed E-state index contributed by atoms with van der Waals surface area (Å²) in [4.78, 5) is 0.646. The largest absolute Gasteiger partial charge is 0.394 e. The van der Waals surface area contributed by atoms with E-state index in [0.29, 0.717) is 4.90 Å². The Morgan fingerprint density at radius 1 is 1.14 bits per heavy atom. The first-order chi connectivity index (χ1) is 10.2. The van der Waals surface area contributed by atoms with Gasteiger partial charge in [0, 0.05) is 10.9 Å². The molecule has 2 unspecified atom stereocenters. The first-order valence-corrected chi connectivity index (χ1v) is 8.13. The maximum atomic E-state index is 13.9. The van der Waals surface area contributed by atoms with Gasteiger partial charge in [0.2, 0.25) is 0 Å². The molecule has 0 aromatic heterocycles. The highest BCUT2D eigenvalue weighted by molar-refractivity contribution is 7.98. The molecule has 2 nitrogen and oxygen atoms in total. The SMILES string of the molecule is CSc1ccc(C(C)NC(CO)c2ccccc2)cc1F. The first-order valence-electron chi connectivity index (χ1n) is 6.91. The fourth-order valence-electron chi connectivity index (χ4n) is 2.29. The van der Waals surface area contributed by atoms with Gasteiger partial charge in [-0.2, -0.15) is 0 Å². The Kier molecular flexibility index (Phi) is 5.79. The molecule has 0 aliphatic heterocycles. The molecule has 0 aliphatic carbocycles. The molecule has 0 saturated carbocycles. The average Bonchev–Trinajstić information content (AvgIpc) is 2.53. The van der Waals surface area contributed by atoms with E-state index in [1.165, 1.54) is 11.8 Å². The normalized spacial score (nSPS) is 13.9. The Balaban J connectivity index is 2.12. The van der Waals surface area contributed by atoms with E-state index in [1.54, 1.807) is 12.1 Å². The molecule has 21 heavy (non-hydrogen) atoms. The molecule has 0 spiro atoms. The summed E-state index contributed by atoms with van der Waals surface area (Å²) in [5, 5.41) is 12.9. The highest BCUT2D eigenvalue weighted by Crippen LogP contribution is 2.24. The third-order valence-corrected chi connectivity index (χ3v) is 4.28. The number of rotatable bonds is 6. The van der Waals surface area contributed by atoms with Crippen molar-refractivity contribution in [2.24, 2.45) is 0 Å². The lowest BCUT2D eigenvalue weighted by Crippen LogP contribution is -2.27. The van der Waals surface area contributed by atoms with Crippen LogP contribution in [0, 0.1) is 5.82 Å². The predicted octanol–water partition coefficient (Wildman–Crippen LogP) is 3.93. The Hall–Kier alpha value is -1.36. The number of hydrogen-bond acceptors (Lipinski definition) is 3. The van der Waals surface area contributed by atoms with Crippen molar-refractivity contribution in [3.63, 3.8) is 0 Å². The highest BCUT2D eigenvalue weighted by atomic mass is 32.2. The summed E-state index contributed by atoms with van der Waals surface area (Å²) in [5.74, 6) is -0.200. The molecule has 0 bridgehead atoms. The van der Waals surface area contributed by atoms with E-state index in [1.807, 2.05) is 49.6 Å². The fraction of sp³-hybridized carbons (Fsp3) is 0.294. The van der Waals surface area contributed by atoms with Crippen LogP contribution in [-0.4, -0.2) is 18.0 Å². The summed E-state index contributed by atoms with van der Waals surface area (Å²) in [5.41, 5.74) is 1.90. The van der Waals surface area contributed by atoms with Crippen LogP contribution in [0.15, 0.2) is 53.4 Å². The van der Waals surface area contributed by atoms with Crippen LogP contribution in [0.5, 0.6) is 0 Å². The van der Waals surface area contributed by atoms with Crippen LogP contribution in [-0.2, 0) is 0 Å². The van der Waals surface area contributed by atoms with Crippen molar-refractivity contribution in [1.82, 2.24) is 5.32 Å². The minimum Gasteiger partial charge on any atom is -0.394 e. The molecule has 2 aromatic rings. The number of benzene rings is 2. The number of hydrogen-bond donors (Lipinski definition) is 2. The van der Waals surface area contributed by atoms with Crippen LogP contribution in [0.25, 0.3) is 0 Å². The van der Waals surface area contributed by atoms with Gasteiger partial charge in [-0.25, -0.2) is 4.39 Å². The smallest absolute Gasteiger partial charge is 0.137 e. The van der Waals surface area contributed by atoms with Gasteiger partial charge in [0.25, 0.3) is 0 Å². The lowest BCUT2D eigenvalue weighted by atomic mass is 10.0. The summed E-state index contributed by atoms with van der Waals surface area (Å²) < 4.78 is 13.9. The average molecular weight is 305 g/mol. The number of halogens is 1. The summed E-state index contributed by atoms with van der Waals surface area (Å²) >= 11 is 1.40. The van der Waals surface area contributed by atoms with Crippen molar-refractivity contribution in [2.45, 2.75) is 23.9 Å². The van der Waals surface area contributed by atoms with E-state index in [-0.39, 0.29) is 24.5 Å². The van der Waals surface area contributed by atoms with Gasteiger partial charge < -0.3 is 10.4 Å². The van der Waals surface area contributed by atoms with E-state index in [9.17, 15) is 9.50 Å². The Labute approximate surface area is 129 Å². The van der Waals surface area contributed by atoms with Gasteiger partial charge in [-0.15, -0.1) is 11.8 Å². The topological polar surface area (TPSA) is 32.3 Å². The zero-order valence-electron chi connectivity index (χ0n) is 12.2. The second-order valence-corrected chi connectivity index (χ2v) is 5.78. The summed E-state index contributed by atoms with van der Waals surface area (Å²) in [6.07, 6.45) is 1.86. The molecule has 0 aliphatic rings. The summed E-state index contributed by atoms with van der Waals surface area (Å²) in [7, 11) is 0. The first kappa shape index (κ1) is 16.0. The van der Waals surface area contributed by atoms with Gasteiger partial charge in [0.15, 0.2) is 0 Å². The molecule has 0 amide bonds. The van der Waals surface area contributed by atoms with Gasteiger partial charge >= 0.3 is 0 Å². The van der Waals surface area contributed by atoms with Crippen molar-refractivity contribution in [3.05, 3.63) is 65.5 Å². The molecule has 0 saturated heterocycles. The van der Waals surface area contributed by atoms with Crippen molar-refractivity contribution >= 4 is 11.8 Å². The number of nitrogens with one attached hydrogen (secondary N) is 1. The number of thioether (sulfide) groups is 1. The van der Waals surface area contributed by atoms with Crippen LogP contribution in [0.2, 0.25) is 0 Å². The predicted molar refractivity (Wildman–Crippen MR) is 86.0 cm³/mol. The maximum absolute atomic E-state index is 13.9. The Morgan fingerprint density at radius 3 is 2.43 bits per heavy atom. The summed E-state index contributed by atoms with van der Waals surface area (Å²) in [6.45, 7) is 1.97. The van der Waals surface area contributed by atoms with Crippen LogP contribution in [0.3, 0.4) is 0 Å². The molecule has 0 radical (unpaired) electrons. The van der Waals surface area contributed by atoms with Crippen LogP contribution >= 0.6 is 11.8 Å². The third kappa shape index (κ3) is 4.06. The standard InChI is InChI=1S/C17H20FNOS/c1-12(14-8-9-17(21-2)15(18)10-14)19-16(11-20)13-6-4-3-5-7-13/h3-10,12,16,19-20H,11H2,1-2H3. The molecule has 2 aromatic carbocycles. The molecule has 112 valence electrons. The quantitative estimate of drug-likeness (QED) is 0.793. The fourth-order valence-corrected chi connectivity index (χ4v) is 2.75. The third-order valence-electron chi connectivity index (χ3n) is 3.51. The van der Waals surface area contributed by atoms with E-state index < -0.39 is 0 Å².